The van der Waals surface area contributed by atoms with Crippen LogP contribution in [0.5, 0.6) is 0 Å². The topological polar surface area (TPSA) is 70.6 Å². The zero-order valence-corrected chi connectivity index (χ0v) is 12.4. The first-order valence-corrected chi connectivity index (χ1v) is 7.52. The Kier molecular flexibility index (Phi) is 6.02. The number of hydrogen-bond acceptors (Lipinski definition) is 3. The van der Waals surface area contributed by atoms with Gasteiger partial charge in [-0.25, -0.2) is 4.79 Å². The molecule has 1 aromatic rings. The van der Waals surface area contributed by atoms with E-state index in [4.69, 9.17) is 9.84 Å². The van der Waals surface area contributed by atoms with Gasteiger partial charge in [0.1, 0.15) is 0 Å². The molecular weight excluding hydrogens is 268 g/mol. The maximum absolute atomic E-state index is 11.7. The van der Waals surface area contributed by atoms with E-state index in [0.29, 0.717) is 6.54 Å². The highest BCUT2D eigenvalue weighted by Crippen LogP contribution is 2.32. The van der Waals surface area contributed by atoms with E-state index in [2.05, 4.69) is 22.8 Å². The molecule has 1 aliphatic heterocycles. The molecule has 3 N–H and O–H groups in total. The zero-order valence-electron chi connectivity index (χ0n) is 12.4. The molecule has 2 amide bonds. The molecule has 1 heterocycles. The summed E-state index contributed by atoms with van der Waals surface area (Å²) in [6.45, 7) is 3.04. The van der Waals surface area contributed by atoms with E-state index in [1.807, 2.05) is 18.2 Å². The van der Waals surface area contributed by atoms with Crippen LogP contribution >= 0.6 is 0 Å². The fraction of sp³-hybridized carbons (Fsp3) is 0.562. The Hall–Kier alpha value is -1.59. The minimum atomic E-state index is -0.242. The number of aliphatic hydroxyl groups is 1. The number of rotatable bonds is 5. The van der Waals surface area contributed by atoms with Crippen molar-refractivity contribution in [1.82, 2.24) is 10.6 Å². The molecule has 2 rings (SSSR count). The summed E-state index contributed by atoms with van der Waals surface area (Å²) in [4.78, 5) is 11.7. The molecule has 21 heavy (non-hydrogen) atoms. The van der Waals surface area contributed by atoms with Gasteiger partial charge in [0.15, 0.2) is 0 Å². The second kappa shape index (κ2) is 8.00. The highest BCUT2D eigenvalue weighted by Gasteiger charge is 2.27. The maximum Gasteiger partial charge on any atom is 0.315 e. The smallest absolute Gasteiger partial charge is 0.315 e. The number of hydrogen-bond donors (Lipinski definition) is 3. The van der Waals surface area contributed by atoms with Gasteiger partial charge in [0.2, 0.25) is 0 Å². The molecule has 0 aromatic heterocycles. The quantitative estimate of drug-likeness (QED) is 0.775. The first-order valence-electron chi connectivity index (χ1n) is 7.52. The number of amides is 2. The molecule has 0 saturated carbocycles. The summed E-state index contributed by atoms with van der Waals surface area (Å²) < 4.78 is 5.90. The summed E-state index contributed by atoms with van der Waals surface area (Å²) in [6.07, 6.45) is 2.09. The lowest BCUT2D eigenvalue weighted by Gasteiger charge is -2.32. The lowest BCUT2D eigenvalue weighted by atomic mass is 9.89. The zero-order chi connectivity index (χ0) is 15.1. The molecule has 0 radical (unpaired) electrons. The largest absolute Gasteiger partial charge is 0.394 e. The average molecular weight is 292 g/mol. The van der Waals surface area contributed by atoms with Crippen LogP contribution in [0.15, 0.2) is 30.3 Å². The molecule has 5 nitrogen and oxygen atoms in total. The summed E-state index contributed by atoms with van der Waals surface area (Å²) in [5.41, 5.74) is 1.16. The Morgan fingerprint density at radius 1 is 1.43 bits per heavy atom. The van der Waals surface area contributed by atoms with Crippen LogP contribution in [0.25, 0.3) is 0 Å². The van der Waals surface area contributed by atoms with Gasteiger partial charge < -0.3 is 20.5 Å². The van der Waals surface area contributed by atoms with Crippen LogP contribution in [-0.2, 0) is 4.74 Å². The lowest BCUT2D eigenvalue weighted by molar-refractivity contribution is -0.0269. The van der Waals surface area contributed by atoms with Crippen molar-refractivity contribution in [2.45, 2.75) is 31.9 Å². The van der Waals surface area contributed by atoms with Crippen molar-refractivity contribution in [2.75, 3.05) is 19.8 Å². The SMILES string of the molecule is C[C@@H](CO)NC(=O)NCC1CCCOC1c1ccccc1. The van der Waals surface area contributed by atoms with Gasteiger partial charge in [-0.05, 0) is 25.3 Å². The van der Waals surface area contributed by atoms with Crippen LogP contribution in [0.2, 0.25) is 0 Å². The van der Waals surface area contributed by atoms with Gasteiger partial charge >= 0.3 is 6.03 Å². The third kappa shape index (κ3) is 4.72. The van der Waals surface area contributed by atoms with Crippen molar-refractivity contribution in [1.29, 1.82) is 0 Å². The fourth-order valence-electron chi connectivity index (χ4n) is 2.61. The number of benzene rings is 1. The third-order valence-corrected chi connectivity index (χ3v) is 3.75. The highest BCUT2D eigenvalue weighted by atomic mass is 16.5. The van der Waals surface area contributed by atoms with Crippen LogP contribution in [0.4, 0.5) is 4.79 Å². The Bertz CT molecular complexity index is 438. The van der Waals surface area contributed by atoms with Gasteiger partial charge in [-0.1, -0.05) is 30.3 Å². The summed E-state index contributed by atoms with van der Waals surface area (Å²) in [5.74, 6) is 0.274. The summed E-state index contributed by atoms with van der Waals surface area (Å²) in [7, 11) is 0. The molecule has 1 aliphatic rings. The molecule has 116 valence electrons. The molecule has 1 aromatic carbocycles. The van der Waals surface area contributed by atoms with Crippen LogP contribution < -0.4 is 10.6 Å². The van der Waals surface area contributed by atoms with Gasteiger partial charge in [-0.15, -0.1) is 0 Å². The van der Waals surface area contributed by atoms with Gasteiger partial charge in [0.05, 0.1) is 18.8 Å². The standard InChI is InChI=1S/C16H24N2O3/c1-12(11-19)18-16(20)17-10-14-8-5-9-21-15(14)13-6-3-2-4-7-13/h2-4,6-7,12,14-15,19H,5,8-11H2,1H3,(H2,17,18,20)/t12-,14?,15?/m0/s1. The first-order chi connectivity index (χ1) is 10.2. The van der Waals surface area contributed by atoms with E-state index in [0.717, 1.165) is 25.0 Å². The molecule has 1 saturated heterocycles. The van der Waals surface area contributed by atoms with E-state index < -0.39 is 0 Å². The van der Waals surface area contributed by atoms with E-state index >= 15 is 0 Å². The molecule has 0 spiro atoms. The minimum Gasteiger partial charge on any atom is -0.394 e. The second-order valence-electron chi connectivity index (χ2n) is 5.54. The van der Waals surface area contributed by atoms with Crippen molar-refractivity contribution in [2.24, 2.45) is 5.92 Å². The molecule has 3 atom stereocenters. The number of carbonyl (C=O) groups excluding carboxylic acids is 1. The Morgan fingerprint density at radius 3 is 2.90 bits per heavy atom. The number of ether oxygens (including phenoxy) is 1. The van der Waals surface area contributed by atoms with Crippen LogP contribution in [0.3, 0.4) is 0 Å². The number of carbonyl (C=O) groups is 1. The molecule has 5 heteroatoms. The van der Waals surface area contributed by atoms with Crippen molar-refractivity contribution >= 4 is 6.03 Å². The fourth-order valence-corrected chi connectivity index (χ4v) is 2.61. The van der Waals surface area contributed by atoms with E-state index in [9.17, 15) is 4.79 Å². The highest BCUT2D eigenvalue weighted by molar-refractivity contribution is 5.74. The van der Waals surface area contributed by atoms with Crippen molar-refractivity contribution in [3.8, 4) is 0 Å². The first kappa shape index (κ1) is 15.8. The summed E-state index contributed by atoms with van der Waals surface area (Å²) >= 11 is 0. The number of urea groups is 1. The van der Waals surface area contributed by atoms with Gasteiger partial charge in [0.25, 0.3) is 0 Å². The van der Waals surface area contributed by atoms with Gasteiger partial charge in [-0.3, -0.25) is 0 Å². The van der Waals surface area contributed by atoms with Crippen molar-refractivity contribution < 1.29 is 14.6 Å². The van der Waals surface area contributed by atoms with E-state index in [1.165, 1.54) is 0 Å². The van der Waals surface area contributed by atoms with Gasteiger partial charge in [-0.2, -0.15) is 0 Å². The van der Waals surface area contributed by atoms with E-state index in [-0.39, 0.29) is 30.7 Å². The maximum atomic E-state index is 11.7. The summed E-state index contributed by atoms with van der Waals surface area (Å²) in [6, 6.07) is 9.66. The van der Waals surface area contributed by atoms with Crippen LogP contribution in [-0.4, -0.2) is 36.9 Å². The van der Waals surface area contributed by atoms with Crippen LogP contribution in [0, 0.1) is 5.92 Å². The molecule has 0 aliphatic carbocycles. The van der Waals surface area contributed by atoms with Crippen molar-refractivity contribution in [3.05, 3.63) is 35.9 Å². The van der Waals surface area contributed by atoms with Crippen molar-refractivity contribution in [3.63, 3.8) is 0 Å². The van der Waals surface area contributed by atoms with Gasteiger partial charge in [0, 0.05) is 19.1 Å². The third-order valence-electron chi connectivity index (χ3n) is 3.75. The predicted octanol–water partition coefficient (Wildman–Crippen LogP) is 1.83. The molecular formula is C16H24N2O3. The predicted molar refractivity (Wildman–Crippen MR) is 80.9 cm³/mol. The number of aliphatic hydroxyl groups excluding tert-OH is 1. The Balaban J connectivity index is 1.89. The molecule has 0 bridgehead atoms. The number of nitrogens with one attached hydrogen (secondary N) is 2. The average Bonchev–Trinajstić information content (AvgIpc) is 2.54. The monoisotopic (exact) mass is 292 g/mol. The normalized spacial score (nSPS) is 23.3. The lowest BCUT2D eigenvalue weighted by Crippen LogP contribution is -2.45. The van der Waals surface area contributed by atoms with E-state index in [1.54, 1.807) is 6.92 Å². The Labute approximate surface area is 125 Å². The second-order valence-corrected chi connectivity index (χ2v) is 5.54. The molecule has 1 fully saturated rings. The Morgan fingerprint density at radius 2 is 2.19 bits per heavy atom. The molecule has 2 unspecified atom stereocenters. The van der Waals surface area contributed by atoms with Crippen LogP contribution in [0.1, 0.15) is 31.4 Å². The summed E-state index contributed by atoms with van der Waals surface area (Å²) in [5, 5.41) is 14.5. The minimum absolute atomic E-state index is 0.0375.